The van der Waals surface area contributed by atoms with E-state index in [9.17, 15) is 0 Å². The Morgan fingerprint density at radius 1 is 0.828 bits per heavy atom. The average molecular weight is 406 g/mol. The number of unbranched alkanes of at least 4 members (excludes halogenated alkanes) is 2. The fourth-order valence-electron chi connectivity index (χ4n) is 5.92. The van der Waals surface area contributed by atoms with Crippen LogP contribution in [0.4, 0.5) is 5.69 Å². The molecule has 170 valence electrons. The summed E-state index contributed by atoms with van der Waals surface area (Å²) < 4.78 is 0. The van der Waals surface area contributed by atoms with Gasteiger partial charge in [0.25, 0.3) is 0 Å². The smallest absolute Gasteiger partial charge is 0.0363 e. The van der Waals surface area contributed by atoms with Gasteiger partial charge in [-0.15, -0.1) is 0 Å². The molecule has 3 saturated heterocycles. The van der Waals surface area contributed by atoms with E-state index in [1.165, 1.54) is 115 Å². The van der Waals surface area contributed by atoms with Gasteiger partial charge in [-0.1, -0.05) is 37.8 Å². The normalized spacial score (nSPS) is 26.2. The van der Waals surface area contributed by atoms with Crippen LogP contribution in [-0.4, -0.2) is 55.6 Å². The molecule has 3 aliphatic rings. The van der Waals surface area contributed by atoms with Crippen molar-refractivity contribution >= 4 is 5.69 Å². The van der Waals surface area contributed by atoms with Crippen LogP contribution in [0.15, 0.2) is 24.3 Å². The number of anilines is 1. The summed E-state index contributed by atoms with van der Waals surface area (Å²) in [7, 11) is 2.26. The average Bonchev–Trinajstić information content (AvgIpc) is 3.02. The van der Waals surface area contributed by atoms with E-state index in [1.807, 2.05) is 0 Å². The van der Waals surface area contributed by atoms with E-state index < -0.39 is 0 Å². The van der Waals surface area contributed by atoms with Gasteiger partial charge in [0.05, 0.1) is 0 Å². The summed E-state index contributed by atoms with van der Waals surface area (Å²) in [6.07, 6.45) is 16.8. The molecule has 0 spiro atoms. The fourth-order valence-corrected chi connectivity index (χ4v) is 5.92. The standard InChI is InChI=1S/C26H43N3.4H2/c1-27(18-6-4-9-21-28-19-7-2-3-8-20-28)24-14-12-23(13-15-24)26-17-16-25-11-5-10-22-29(25)26;;;;/h12-15,25-26H,2-11,16-22H2,1H3;4*1H/t25?,26-;;;;/m1..../s1. The molecule has 1 aromatic rings. The molecular weight excluding hydrogens is 354 g/mol. The van der Waals surface area contributed by atoms with Crippen LogP contribution in [0.2, 0.25) is 0 Å². The second-order valence-corrected chi connectivity index (χ2v) is 9.81. The van der Waals surface area contributed by atoms with Gasteiger partial charge in [0.1, 0.15) is 0 Å². The minimum absolute atomic E-state index is 0. The highest BCUT2D eigenvalue weighted by atomic mass is 15.2. The first-order valence-corrected chi connectivity index (χ1v) is 12.6. The van der Waals surface area contributed by atoms with Crippen molar-refractivity contribution in [2.24, 2.45) is 0 Å². The SMILES string of the molecule is CN(CCCCCN1CCCCCC1)c1ccc([C@H]2CCC3CCCCN32)cc1.[HH].[HH].[HH].[HH]. The molecule has 3 heteroatoms. The number of piperidine rings is 1. The fraction of sp³-hybridized carbons (Fsp3) is 0.769. The van der Waals surface area contributed by atoms with Crippen molar-refractivity contribution < 1.29 is 5.71 Å². The molecule has 2 atom stereocenters. The Morgan fingerprint density at radius 3 is 2.38 bits per heavy atom. The Balaban J connectivity index is 0.00000256. The Kier molecular flexibility index (Phi) is 7.90. The van der Waals surface area contributed by atoms with Crippen LogP contribution in [0, 0.1) is 0 Å². The van der Waals surface area contributed by atoms with Crippen LogP contribution in [-0.2, 0) is 0 Å². The Hall–Kier alpha value is -1.06. The summed E-state index contributed by atoms with van der Waals surface area (Å²) in [5, 5.41) is 0. The quantitative estimate of drug-likeness (QED) is 0.438. The van der Waals surface area contributed by atoms with Gasteiger partial charge >= 0.3 is 0 Å². The molecule has 3 fully saturated rings. The van der Waals surface area contributed by atoms with E-state index in [0.717, 1.165) is 6.04 Å². The van der Waals surface area contributed by atoms with Crippen molar-refractivity contribution in [3.8, 4) is 0 Å². The number of rotatable bonds is 8. The van der Waals surface area contributed by atoms with Crippen LogP contribution in [0.1, 0.15) is 94.4 Å². The number of likely N-dealkylation sites (tertiary alicyclic amines) is 1. The molecule has 3 nitrogen and oxygen atoms in total. The molecule has 0 aromatic heterocycles. The predicted molar refractivity (Wildman–Crippen MR) is 133 cm³/mol. The van der Waals surface area contributed by atoms with Crippen LogP contribution >= 0.6 is 0 Å². The van der Waals surface area contributed by atoms with E-state index in [-0.39, 0.29) is 5.71 Å². The van der Waals surface area contributed by atoms with Crippen LogP contribution < -0.4 is 4.90 Å². The van der Waals surface area contributed by atoms with E-state index in [4.69, 9.17) is 0 Å². The third kappa shape index (κ3) is 5.76. The second-order valence-electron chi connectivity index (χ2n) is 9.81. The molecule has 3 heterocycles. The van der Waals surface area contributed by atoms with Crippen molar-refractivity contribution in [3.63, 3.8) is 0 Å². The zero-order valence-corrected chi connectivity index (χ0v) is 18.8. The second kappa shape index (κ2) is 10.8. The molecular formula is C26H51N3. The minimum Gasteiger partial charge on any atom is -0.375 e. The van der Waals surface area contributed by atoms with Gasteiger partial charge in [-0.2, -0.15) is 0 Å². The topological polar surface area (TPSA) is 9.72 Å². The summed E-state index contributed by atoms with van der Waals surface area (Å²) in [5.74, 6) is 0. The minimum atomic E-state index is 0. The molecule has 0 N–H and O–H groups in total. The van der Waals surface area contributed by atoms with Crippen molar-refractivity contribution in [1.29, 1.82) is 0 Å². The predicted octanol–water partition coefficient (Wildman–Crippen LogP) is 6.84. The molecule has 0 saturated carbocycles. The summed E-state index contributed by atoms with van der Waals surface area (Å²) in [4.78, 5) is 7.95. The summed E-state index contributed by atoms with van der Waals surface area (Å²) in [5.41, 5.74) is 2.93. The molecule has 0 bridgehead atoms. The molecule has 0 aliphatic carbocycles. The van der Waals surface area contributed by atoms with Crippen molar-refractivity contribution in [2.45, 2.75) is 89.1 Å². The van der Waals surface area contributed by atoms with Gasteiger partial charge in [0.2, 0.25) is 0 Å². The number of fused-ring (bicyclic) bond motifs is 1. The van der Waals surface area contributed by atoms with Crippen LogP contribution in [0.25, 0.3) is 0 Å². The van der Waals surface area contributed by atoms with Gasteiger partial charge in [-0.25, -0.2) is 0 Å². The van der Waals surface area contributed by atoms with Gasteiger partial charge in [-0.05, 0) is 95.2 Å². The largest absolute Gasteiger partial charge is 0.375 e. The number of hydrogen-bond donors (Lipinski definition) is 0. The van der Waals surface area contributed by atoms with E-state index in [0.29, 0.717) is 6.04 Å². The zero-order valence-electron chi connectivity index (χ0n) is 18.8. The van der Waals surface area contributed by atoms with Crippen molar-refractivity contribution in [2.75, 3.05) is 44.7 Å². The summed E-state index contributed by atoms with van der Waals surface area (Å²) in [6.45, 7) is 6.49. The van der Waals surface area contributed by atoms with Gasteiger partial charge in [0, 0.05) is 37.1 Å². The number of benzene rings is 1. The molecule has 3 aliphatic heterocycles. The molecule has 29 heavy (non-hydrogen) atoms. The van der Waals surface area contributed by atoms with Gasteiger partial charge in [0.15, 0.2) is 0 Å². The lowest BCUT2D eigenvalue weighted by Gasteiger charge is -2.34. The van der Waals surface area contributed by atoms with Crippen LogP contribution in [0.3, 0.4) is 0 Å². The van der Waals surface area contributed by atoms with Gasteiger partial charge in [-0.3, -0.25) is 4.90 Å². The maximum Gasteiger partial charge on any atom is 0.0363 e. The third-order valence-electron chi connectivity index (χ3n) is 7.73. The highest BCUT2D eigenvalue weighted by molar-refractivity contribution is 5.47. The highest BCUT2D eigenvalue weighted by Crippen LogP contribution is 2.40. The molecule has 0 amide bonds. The first kappa shape index (κ1) is 21.2. The summed E-state index contributed by atoms with van der Waals surface area (Å²) >= 11 is 0. The van der Waals surface area contributed by atoms with E-state index in [1.54, 1.807) is 5.56 Å². The maximum atomic E-state index is 2.80. The Morgan fingerprint density at radius 2 is 1.59 bits per heavy atom. The first-order valence-electron chi connectivity index (χ1n) is 12.6. The Bertz CT molecular complexity index is 608. The lowest BCUT2D eigenvalue weighted by atomic mass is 10.0. The summed E-state index contributed by atoms with van der Waals surface area (Å²) in [6, 6.07) is 11.1. The van der Waals surface area contributed by atoms with Crippen molar-refractivity contribution in [3.05, 3.63) is 29.8 Å². The zero-order chi connectivity index (χ0) is 19.9. The van der Waals surface area contributed by atoms with Gasteiger partial charge < -0.3 is 9.80 Å². The molecule has 0 radical (unpaired) electrons. The monoisotopic (exact) mass is 405 g/mol. The lowest BCUT2D eigenvalue weighted by molar-refractivity contribution is 0.150. The molecule has 1 unspecified atom stereocenters. The van der Waals surface area contributed by atoms with E-state index in [2.05, 4.69) is 46.0 Å². The molecule has 4 rings (SSSR count). The maximum absolute atomic E-state index is 2.80. The van der Waals surface area contributed by atoms with Crippen LogP contribution in [0.5, 0.6) is 0 Å². The lowest BCUT2D eigenvalue weighted by Crippen LogP contribution is -2.35. The third-order valence-corrected chi connectivity index (χ3v) is 7.73. The number of nitrogens with zero attached hydrogens (tertiary/aromatic N) is 3. The highest BCUT2D eigenvalue weighted by Gasteiger charge is 2.35. The van der Waals surface area contributed by atoms with Crippen molar-refractivity contribution in [1.82, 2.24) is 9.80 Å². The number of hydrogen-bond acceptors (Lipinski definition) is 3. The first-order chi connectivity index (χ1) is 14.3. The van der Waals surface area contributed by atoms with E-state index >= 15 is 0 Å². The molecule has 1 aromatic carbocycles. The Labute approximate surface area is 185 Å².